The van der Waals surface area contributed by atoms with Gasteiger partial charge in [-0.1, -0.05) is 208 Å². The van der Waals surface area contributed by atoms with Crippen molar-refractivity contribution >= 4 is 55.7 Å². The van der Waals surface area contributed by atoms with Crippen LogP contribution in [0.15, 0.2) is 267 Å². The zero-order valence-electron chi connectivity index (χ0n) is 41.3. The molecule has 2 nitrogen and oxygen atoms in total. The summed E-state index contributed by atoms with van der Waals surface area (Å²) in [6.07, 6.45) is 0. The molecule has 12 aromatic carbocycles. The molecule has 2 heteroatoms. The van der Waals surface area contributed by atoms with Crippen LogP contribution in [-0.4, -0.2) is 0 Å². The highest BCUT2D eigenvalue weighted by atomic mass is 15.2. The largest absolute Gasteiger partial charge is 0.310 e. The zero-order valence-corrected chi connectivity index (χ0v) is 41.3. The van der Waals surface area contributed by atoms with Crippen LogP contribution < -0.4 is 9.80 Å². The van der Waals surface area contributed by atoms with Crippen LogP contribution in [0, 0.1) is 0 Å². The highest BCUT2D eigenvalue weighted by molar-refractivity contribution is 6.10. The van der Waals surface area contributed by atoms with E-state index in [1.54, 1.807) is 0 Å². The normalized spacial score (nSPS) is 14.0. The van der Waals surface area contributed by atoms with Gasteiger partial charge in [0, 0.05) is 28.2 Å². The smallest absolute Gasteiger partial charge is 0.0754 e. The molecule has 0 amide bonds. The van der Waals surface area contributed by atoms with Crippen molar-refractivity contribution in [2.75, 3.05) is 9.80 Å². The monoisotopic (exact) mass is 942 g/mol. The first-order chi connectivity index (χ1) is 36.4. The molecule has 0 N–H and O–H groups in total. The Kier molecular flexibility index (Phi) is 9.25. The quantitative estimate of drug-likeness (QED) is 0.153. The lowest BCUT2D eigenvalue weighted by Crippen LogP contribution is -2.36. The Morgan fingerprint density at radius 1 is 0.297 bits per heavy atom. The lowest BCUT2D eigenvalue weighted by atomic mass is 9.64. The van der Waals surface area contributed by atoms with Crippen molar-refractivity contribution in [3.05, 3.63) is 300 Å². The van der Waals surface area contributed by atoms with Gasteiger partial charge in [-0.25, -0.2) is 0 Å². The number of nitrogens with zero attached hydrogens (tertiary/aromatic N) is 2. The summed E-state index contributed by atoms with van der Waals surface area (Å²) in [5, 5.41) is 4.93. The van der Waals surface area contributed by atoms with Crippen LogP contribution in [0.5, 0.6) is 0 Å². The van der Waals surface area contributed by atoms with Gasteiger partial charge < -0.3 is 9.80 Å². The number of para-hydroxylation sites is 3. The van der Waals surface area contributed by atoms with Gasteiger partial charge in [0.2, 0.25) is 0 Å². The Bertz CT molecular complexity index is 4180. The van der Waals surface area contributed by atoms with Crippen LogP contribution in [0.4, 0.5) is 34.1 Å². The maximum Gasteiger partial charge on any atom is 0.0754 e. The van der Waals surface area contributed by atoms with Crippen LogP contribution in [0.2, 0.25) is 0 Å². The van der Waals surface area contributed by atoms with Gasteiger partial charge in [-0.05, 0) is 172 Å². The molecule has 3 aliphatic rings. The Morgan fingerprint density at radius 3 is 1.49 bits per heavy atom. The second kappa shape index (κ2) is 16.1. The van der Waals surface area contributed by atoms with E-state index in [-0.39, 0.29) is 5.41 Å². The highest BCUT2D eigenvalue weighted by Crippen LogP contribution is 2.63. The van der Waals surface area contributed by atoms with E-state index >= 15 is 0 Å². The molecule has 348 valence electrons. The molecule has 0 aromatic heterocycles. The molecule has 0 atom stereocenters. The molecule has 1 spiro atoms. The van der Waals surface area contributed by atoms with Gasteiger partial charge in [-0.2, -0.15) is 0 Å². The van der Waals surface area contributed by atoms with E-state index in [1.807, 2.05) is 0 Å². The zero-order chi connectivity index (χ0) is 49.1. The Balaban J connectivity index is 0.826. The molecule has 2 aliphatic carbocycles. The fraction of sp³-hybridized carbons (Fsp3) is 0.0556. The van der Waals surface area contributed by atoms with Gasteiger partial charge in [0.25, 0.3) is 0 Å². The Morgan fingerprint density at radius 2 is 0.770 bits per heavy atom. The van der Waals surface area contributed by atoms with E-state index in [4.69, 9.17) is 0 Å². The van der Waals surface area contributed by atoms with E-state index in [1.165, 1.54) is 111 Å². The molecule has 1 aliphatic heterocycles. The van der Waals surface area contributed by atoms with E-state index in [0.717, 1.165) is 22.7 Å². The van der Waals surface area contributed by atoms with E-state index < -0.39 is 5.41 Å². The topological polar surface area (TPSA) is 6.48 Å². The van der Waals surface area contributed by atoms with E-state index in [9.17, 15) is 0 Å². The molecule has 12 aromatic rings. The van der Waals surface area contributed by atoms with E-state index in [0.29, 0.717) is 0 Å². The molecule has 1 heterocycles. The van der Waals surface area contributed by atoms with Crippen molar-refractivity contribution in [1.29, 1.82) is 0 Å². The highest BCUT2D eigenvalue weighted by Gasteiger charge is 2.51. The number of hydrogen-bond acceptors (Lipinski definition) is 2. The summed E-state index contributed by atoms with van der Waals surface area (Å²) in [7, 11) is 0. The predicted octanol–water partition coefficient (Wildman–Crippen LogP) is 19.2. The number of rotatable bonds is 6. The summed E-state index contributed by atoms with van der Waals surface area (Å²) >= 11 is 0. The fourth-order valence-electron chi connectivity index (χ4n) is 13.2. The van der Waals surface area contributed by atoms with Crippen LogP contribution in [0.3, 0.4) is 0 Å². The maximum atomic E-state index is 2.45. The van der Waals surface area contributed by atoms with Gasteiger partial charge in [0.15, 0.2) is 0 Å². The number of hydrogen-bond donors (Lipinski definition) is 0. The van der Waals surface area contributed by atoms with Gasteiger partial charge >= 0.3 is 0 Å². The molecular formula is C72H50N2. The predicted molar refractivity (Wildman–Crippen MR) is 310 cm³/mol. The van der Waals surface area contributed by atoms with Crippen molar-refractivity contribution in [3.63, 3.8) is 0 Å². The third-order valence-corrected chi connectivity index (χ3v) is 16.6. The third-order valence-electron chi connectivity index (χ3n) is 16.6. The van der Waals surface area contributed by atoms with E-state index in [2.05, 4.69) is 291 Å². The lowest BCUT2D eigenvalue weighted by molar-refractivity contribution is 0.660. The van der Waals surface area contributed by atoms with Crippen LogP contribution >= 0.6 is 0 Å². The molecule has 0 saturated carbocycles. The maximum absolute atomic E-state index is 2.45. The van der Waals surface area contributed by atoms with Gasteiger partial charge in [0.1, 0.15) is 0 Å². The number of anilines is 6. The fourth-order valence-corrected chi connectivity index (χ4v) is 13.2. The SMILES string of the molecule is CC1(C)c2ccccc2-c2ccc(N(c3ccc(-c4ccccc4)cc3)c3ccc4c(ccc5cc(-c6ccc7c(c6)-c6ccccc6C76c7ccccc7N(c7ccccc7)c7ccccc76)ccc54)c3)cc21. The minimum atomic E-state index is -0.478. The van der Waals surface area contributed by atoms with Crippen molar-refractivity contribution in [2.45, 2.75) is 24.7 Å². The lowest BCUT2D eigenvalue weighted by Gasteiger charge is -2.45. The summed E-state index contributed by atoms with van der Waals surface area (Å²) in [5.74, 6) is 0. The Labute approximate surface area is 432 Å². The van der Waals surface area contributed by atoms with Crippen LogP contribution in [-0.2, 0) is 10.8 Å². The minimum absolute atomic E-state index is 0.114. The molecule has 15 rings (SSSR count). The second-order valence-electron chi connectivity index (χ2n) is 20.8. The average Bonchev–Trinajstić information content (AvgIpc) is 3.91. The number of fused-ring (bicyclic) bond motifs is 15. The third kappa shape index (κ3) is 6.12. The summed E-state index contributed by atoms with van der Waals surface area (Å²) in [6.45, 7) is 4.72. The average molecular weight is 943 g/mol. The van der Waals surface area contributed by atoms with Crippen molar-refractivity contribution in [1.82, 2.24) is 0 Å². The molecule has 0 fully saturated rings. The molecule has 0 saturated heterocycles. The van der Waals surface area contributed by atoms with Gasteiger partial charge in [-0.15, -0.1) is 0 Å². The van der Waals surface area contributed by atoms with Crippen LogP contribution in [0.1, 0.15) is 47.2 Å². The first kappa shape index (κ1) is 42.4. The molecular weight excluding hydrogens is 893 g/mol. The summed E-state index contributed by atoms with van der Waals surface area (Å²) in [6, 6.07) is 99.5. The van der Waals surface area contributed by atoms with Crippen molar-refractivity contribution in [2.24, 2.45) is 0 Å². The second-order valence-corrected chi connectivity index (χ2v) is 20.8. The van der Waals surface area contributed by atoms with Crippen molar-refractivity contribution in [3.8, 4) is 44.5 Å². The Hall–Kier alpha value is -9.24. The molecule has 74 heavy (non-hydrogen) atoms. The standard InChI is InChI=1S/C72H50N2/c1-71(2)63-23-11-9-21-59(63)61-41-38-56(46-68(61)71)73(54-35-31-48(32-36-54)47-17-5-3-6-18-47)55-37-40-58-52(44-55)30-29-51-43-49(33-39-57(51)58)50-34-42-65-62(45-50)60-22-10-12-24-64(60)72(65)66-25-13-15-27-69(66)74(53-19-7-4-8-20-53)70-28-16-14-26-67(70)72/h3-46H,1-2H3. The first-order valence-electron chi connectivity index (χ1n) is 25.9. The molecule has 0 unspecified atom stereocenters. The molecule has 0 bridgehead atoms. The summed E-state index contributed by atoms with van der Waals surface area (Å²) < 4.78 is 0. The van der Waals surface area contributed by atoms with Gasteiger partial charge in [-0.3, -0.25) is 0 Å². The minimum Gasteiger partial charge on any atom is -0.310 e. The summed E-state index contributed by atoms with van der Waals surface area (Å²) in [5.41, 5.74) is 24.5. The summed E-state index contributed by atoms with van der Waals surface area (Å²) in [4.78, 5) is 4.88. The van der Waals surface area contributed by atoms with Gasteiger partial charge in [0.05, 0.1) is 16.8 Å². The number of benzene rings is 12. The molecule has 0 radical (unpaired) electrons. The van der Waals surface area contributed by atoms with Crippen molar-refractivity contribution < 1.29 is 0 Å². The van der Waals surface area contributed by atoms with Crippen LogP contribution in [0.25, 0.3) is 66.1 Å². The first-order valence-corrected chi connectivity index (χ1v) is 25.9.